The van der Waals surface area contributed by atoms with Gasteiger partial charge in [0, 0.05) is 35.6 Å². The van der Waals surface area contributed by atoms with E-state index < -0.39 is 0 Å². The normalized spacial score (nSPS) is 11.1. The van der Waals surface area contributed by atoms with Gasteiger partial charge in [-0.05, 0) is 35.9 Å². The number of rotatable bonds is 8. The van der Waals surface area contributed by atoms with Crippen LogP contribution in [-0.2, 0) is 11.3 Å². The number of hydrogen-bond donors (Lipinski definition) is 1. The van der Waals surface area contributed by atoms with Gasteiger partial charge in [0.15, 0.2) is 5.16 Å². The van der Waals surface area contributed by atoms with Crippen LogP contribution in [-0.4, -0.2) is 36.0 Å². The SMILES string of the molecule is CC(C)c1nccn1Cc1cccc(NC(=O)CSc2nncn2-c2cccc(Cl)c2)c1. The fourth-order valence-electron chi connectivity index (χ4n) is 3.35. The highest BCUT2D eigenvalue weighted by molar-refractivity contribution is 7.99. The van der Waals surface area contributed by atoms with Crippen molar-refractivity contribution < 1.29 is 4.79 Å². The molecule has 0 saturated carbocycles. The van der Waals surface area contributed by atoms with Gasteiger partial charge < -0.3 is 9.88 Å². The predicted octanol–water partition coefficient (Wildman–Crippen LogP) is 5.02. The van der Waals surface area contributed by atoms with E-state index in [2.05, 4.69) is 38.9 Å². The number of carbonyl (C=O) groups excluding carboxylic acids is 1. The Morgan fingerprint density at radius 1 is 1.19 bits per heavy atom. The van der Waals surface area contributed by atoms with Crippen LogP contribution in [0.5, 0.6) is 0 Å². The van der Waals surface area contributed by atoms with E-state index in [9.17, 15) is 4.79 Å². The van der Waals surface area contributed by atoms with E-state index in [-0.39, 0.29) is 11.7 Å². The van der Waals surface area contributed by atoms with E-state index in [0.29, 0.717) is 22.6 Å². The van der Waals surface area contributed by atoms with Gasteiger partial charge in [0.05, 0.1) is 11.4 Å². The fourth-order valence-corrected chi connectivity index (χ4v) is 4.27. The third-order valence-corrected chi connectivity index (χ3v) is 5.94. The van der Waals surface area contributed by atoms with Crippen LogP contribution in [0.15, 0.2) is 72.4 Å². The first-order chi connectivity index (χ1) is 15.5. The topological polar surface area (TPSA) is 77.6 Å². The summed E-state index contributed by atoms with van der Waals surface area (Å²) in [6, 6.07) is 15.3. The Morgan fingerprint density at radius 2 is 2.03 bits per heavy atom. The Morgan fingerprint density at radius 3 is 2.84 bits per heavy atom. The molecule has 9 heteroatoms. The molecule has 0 bridgehead atoms. The molecule has 2 heterocycles. The number of halogens is 1. The monoisotopic (exact) mass is 466 g/mol. The quantitative estimate of drug-likeness (QED) is 0.369. The first kappa shape index (κ1) is 22.1. The average Bonchev–Trinajstić information content (AvgIpc) is 3.42. The van der Waals surface area contributed by atoms with Crippen molar-refractivity contribution in [3.8, 4) is 5.69 Å². The third kappa shape index (κ3) is 5.38. The predicted molar refractivity (Wildman–Crippen MR) is 128 cm³/mol. The van der Waals surface area contributed by atoms with E-state index >= 15 is 0 Å². The molecule has 2 aromatic carbocycles. The molecule has 0 spiro atoms. The summed E-state index contributed by atoms with van der Waals surface area (Å²) in [5.74, 6) is 1.49. The number of imidazole rings is 1. The number of carbonyl (C=O) groups is 1. The molecule has 0 fully saturated rings. The maximum atomic E-state index is 12.6. The van der Waals surface area contributed by atoms with Crippen molar-refractivity contribution in [1.29, 1.82) is 0 Å². The molecule has 0 aliphatic heterocycles. The van der Waals surface area contributed by atoms with Crippen molar-refractivity contribution in [3.05, 3.63) is 83.7 Å². The number of amides is 1. The van der Waals surface area contributed by atoms with Gasteiger partial charge in [-0.3, -0.25) is 9.36 Å². The summed E-state index contributed by atoms with van der Waals surface area (Å²) in [6.45, 7) is 4.95. The van der Waals surface area contributed by atoms with E-state index in [0.717, 1.165) is 22.8 Å². The van der Waals surface area contributed by atoms with Crippen LogP contribution in [0.1, 0.15) is 31.2 Å². The Bertz CT molecular complexity index is 1220. The zero-order chi connectivity index (χ0) is 22.5. The van der Waals surface area contributed by atoms with Gasteiger partial charge in [-0.15, -0.1) is 10.2 Å². The molecule has 164 valence electrons. The first-order valence-corrected chi connectivity index (χ1v) is 11.5. The molecule has 0 saturated heterocycles. The summed E-state index contributed by atoms with van der Waals surface area (Å²) < 4.78 is 3.94. The lowest BCUT2D eigenvalue weighted by atomic mass is 10.1. The number of aromatic nitrogens is 5. The van der Waals surface area contributed by atoms with Crippen LogP contribution < -0.4 is 5.32 Å². The number of nitrogens with zero attached hydrogens (tertiary/aromatic N) is 5. The molecular weight excluding hydrogens is 444 g/mol. The number of anilines is 1. The maximum Gasteiger partial charge on any atom is 0.234 e. The summed E-state index contributed by atoms with van der Waals surface area (Å²) in [5, 5.41) is 12.3. The van der Waals surface area contributed by atoms with E-state index in [4.69, 9.17) is 11.6 Å². The highest BCUT2D eigenvalue weighted by atomic mass is 35.5. The molecule has 1 amide bonds. The van der Waals surface area contributed by atoms with Gasteiger partial charge in [-0.2, -0.15) is 0 Å². The molecule has 4 aromatic rings. The van der Waals surface area contributed by atoms with Crippen molar-refractivity contribution in [2.45, 2.75) is 31.5 Å². The summed E-state index contributed by atoms with van der Waals surface area (Å²) in [6.07, 6.45) is 5.41. The second-order valence-electron chi connectivity index (χ2n) is 7.57. The van der Waals surface area contributed by atoms with Crippen LogP contribution in [0.25, 0.3) is 5.69 Å². The summed E-state index contributed by atoms with van der Waals surface area (Å²) in [5.41, 5.74) is 2.70. The van der Waals surface area contributed by atoms with Crippen molar-refractivity contribution >= 4 is 35.0 Å². The molecule has 32 heavy (non-hydrogen) atoms. The van der Waals surface area contributed by atoms with Crippen LogP contribution in [0.2, 0.25) is 5.02 Å². The van der Waals surface area contributed by atoms with Gasteiger partial charge in [-0.1, -0.05) is 55.4 Å². The van der Waals surface area contributed by atoms with Crippen LogP contribution >= 0.6 is 23.4 Å². The van der Waals surface area contributed by atoms with Gasteiger partial charge in [0.1, 0.15) is 12.2 Å². The zero-order valence-corrected chi connectivity index (χ0v) is 19.3. The van der Waals surface area contributed by atoms with Crippen LogP contribution in [0.4, 0.5) is 5.69 Å². The standard InChI is InChI=1S/C23H23ClN6OS/c1-16(2)22-25-9-10-29(22)13-17-5-3-7-19(11-17)27-21(31)14-32-23-28-26-15-30(23)20-8-4-6-18(24)12-20/h3-12,15-16H,13-14H2,1-2H3,(H,27,31). The lowest BCUT2D eigenvalue weighted by molar-refractivity contribution is -0.113. The Hall–Kier alpha value is -3.10. The molecule has 0 unspecified atom stereocenters. The molecule has 0 aliphatic carbocycles. The minimum Gasteiger partial charge on any atom is -0.330 e. The second kappa shape index (κ2) is 10.0. The molecule has 0 aliphatic rings. The second-order valence-corrected chi connectivity index (χ2v) is 8.95. The summed E-state index contributed by atoms with van der Waals surface area (Å²) >= 11 is 7.40. The van der Waals surface area contributed by atoms with E-state index in [1.165, 1.54) is 11.8 Å². The van der Waals surface area contributed by atoms with Crippen molar-refractivity contribution in [2.75, 3.05) is 11.1 Å². The number of thioether (sulfide) groups is 1. The van der Waals surface area contributed by atoms with Gasteiger partial charge in [0.25, 0.3) is 0 Å². The highest BCUT2D eigenvalue weighted by Crippen LogP contribution is 2.22. The average molecular weight is 467 g/mol. The molecule has 2 aromatic heterocycles. The summed E-state index contributed by atoms with van der Waals surface area (Å²) in [4.78, 5) is 17.0. The Balaban J connectivity index is 1.38. The fraction of sp³-hybridized carbons (Fsp3) is 0.217. The van der Waals surface area contributed by atoms with Crippen LogP contribution in [0, 0.1) is 0 Å². The molecule has 0 atom stereocenters. The van der Waals surface area contributed by atoms with Crippen molar-refractivity contribution in [1.82, 2.24) is 24.3 Å². The number of benzene rings is 2. The van der Waals surface area contributed by atoms with Crippen molar-refractivity contribution in [2.24, 2.45) is 0 Å². The zero-order valence-electron chi connectivity index (χ0n) is 17.8. The smallest absolute Gasteiger partial charge is 0.234 e. The first-order valence-electron chi connectivity index (χ1n) is 10.2. The minimum absolute atomic E-state index is 0.113. The molecule has 0 radical (unpaired) electrons. The molecule has 7 nitrogen and oxygen atoms in total. The largest absolute Gasteiger partial charge is 0.330 e. The maximum absolute atomic E-state index is 12.6. The molecular formula is C23H23ClN6OS. The summed E-state index contributed by atoms with van der Waals surface area (Å²) in [7, 11) is 0. The van der Waals surface area contributed by atoms with Crippen LogP contribution in [0.3, 0.4) is 0 Å². The molecule has 1 N–H and O–H groups in total. The number of hydrogen-bond acceptors (Lipinski definition) is 5. The van der Waals surface area contributed by atoms with Crippen molar-refractivity contribution in [3.63, 3.8) is 0 Å². The lowest BCUT2D eigenvalue weighted by Crippen LogP contribution is -2.15. The number of nitrogens with one attached hydrogen (secondary N) is 1. The highest BCUT2D eigenvalue weighted by Gasteiger charge is 2.12. The Kier molecular flexibility index (Phi) is 6.92. The van der Waals surface area contributed by atoms with Gasteiger partial charge in [0.2, 0.25) is 5.91 Å². The molecule has 4 rings (SSSR count). The van der Waals surface area contributed by atoms with Gasteiger partial charge in [-0.25, -0.2) is 4.98 Å². The van der Waals surface area contributed by atoms with Gasteiger partial charge >= 0.3 is 0 Å². The lowest BCUT2D eigenvalue weighted by Gasteiger charge is -2.12. The van der Waals surface area contributed by atoms with E-state index in [1.54, 1.807) is 12.4 Å². The van der Waals surface area contributed by atoms with E-state index in [1.807, 2.05) is 59.4 Å². The minimum atomic E-state index is -0.113. The Labute approximate surface area is 195 Å². The third-order valence-electron chi connectivity index (χ3n) is 4.76.